The van der Waals surface area contributed by atoms with Crippen LogP contribution in [0.15, 0.2) is 25.3 Å². The lowest BCUT2D eigenvalue weighted by Gasteiger charge is -2.13. The van der Waals surface area contributed by atoms with E-state index in [2.05, 4.69) is 13.2 Å². The van der Waals surface area contributed by atoms with Crippen LogP contribution in [0.1, 0.15) is 0 Å². The van der Waals surface area contributed by atoms with Crippen LogP contribution in [0.2, 0.25) is 0 Å². The highest BCUT2D eigenvalue weighted by atomic mass is 16.4. The predicted molar refractivity (Wildman–Crippen MR) is 44.7 cm³/mol. The molecule has 0 aliphatic carbocycles. The van der Waals surface area contributed by atoms with E-state index in [1.807, 2.05) is 0 Å². The highest BCUT2D eigenvalue weighted by Gasteiger charge is 2.18. The van der Waals surface area contributed by atoms with Gasteiger partial charge in [0.25, 0.3) is 11.8 Å². The molecular formula is C8H9NO4. The second-order valence-corrected chi connectivity index (χ2v) is 2.06. The number of carboxylic acid groups (broad SMARTS) is 1. The molecule has 0 aromatic heterocycles. The van der Waals surface area contributed by atoms with Crippen LogP contribution < -0.4 is 0 Å². The first-order chi connectivity index (χ1) is 6.02. The van der Waals surface area contributed by atoms with Crippen LogP contribution in [-0.4, -0.2) is 34.3 Å². The van der Waals surface area contributed by atoms with Gasteiger partial charge in [-0.1, -0.05) is 13.2 Å². The van der Waals surface area contributed by atoms with Crippen molar-refractivity contribution in [2.75, 3.05) is 6.54 Å². The monoisotopic (exact) mass is 183 g/mol. The Labute approximate surface area is 75.0 Å². The van der Waals surface area contributed by atoms with E-state index in [-0.39, 0.29) is 0 Å². The Bertz CT molecular complexity index is 249. The first kappa shape index (κ1) is 11.1. The highest BCUT2D eigenvalue weighted by Crippen LogP contribution is 1.93. The molecule has 0 fully saturated rings. The summed E-state index contributed by atoms with van der Waals surface area (Å²) in [4.78, 5) is 32.6. The van der Waals surface area contributed by atoms with Gasteiger partial charge in [-0.2, -0.15) is 0 Å². The van der Waals surface area contributed by atoms with Crippen molar-refractivity contribution >= 4 is 17.8 Å². The number of aliphatic carboxylic acids is 1. The molecule has 0 aliphatic heterocycles. The fourth-order valence-electron chi connectivity index (χ4n) is 0.620. The van der Waals surface area contributed by atoms with E-state index in [1.54, 1.807) is 0 Å². The lowest BCUT2D eigenvalue weighted by atomic mass is 10.4. The summed E-state index contributed by atoms with van der Waals surface area (Å²) in [6, 6.07) is 0. The van der Waals surface area contributed by atoms with Crippen LogP contribution in [0.4, 0.5) is 0 Å². The van der Waals surface area contributed by atoms with Gasteiger partial charge in [0.15, 0.2) is 0 Å². The molecule has 0 radical (unpaired) electrons. The topological polar surface area (TPSA) is 74.7 Å². The number of carbonyl (C=O) groups is 3. The van der Waals surface area contributed by atoms with Gasteiger partial charge in [-0.25, -0.2) is 0 Å². The molecule has 5 nitrogen and oxygen atoms in total. The van der Waals surface area contributed by atoms with Crippen molar-refractivity contribution in [3.05, 3.63) is 25.3 Å². The normalized spacial score (nSPS) is 8.62. The maximum absolute atomic E-state index is 10.9. The number of carboxylic acids is 1. The summed E-state index contributed by atoms with van der Waals surface area (Å²) in [5.74, 6) is -2.79. The number of carbonyl (C=O) groups excluding carboxylic acids is 2. The Morgan fingerprint density at radius 1 is 1.15 bits per heavy atom. The van der Waals surface area contributed by atoms with Crippen LogP contribution in [0.5, 0.6) is 0 Å². The molecule has 0 unspecified atom stereocenters. The maximum atomic E-state index is 10.9. The van der Waals surface area contributed by atoms with Crippen molar-refractivity contribution in [3.8, 4) is 0 Å². The second-order valence-electron chi connectivity index (χ2n) is 2.06. The van der Waals surface area contributed by atoms with E-state index >= 15 is 0 Å². The largest absolute Gasteiger partial charge is 0.480 e. The maximum Gasteiger partial charge on any atom is 0.323 e. The fourth-order valence-corrected chi connectivity index (χ4v) is 0.620. The summed E-state index contributed by atoms with van der Waals surface area (Å²) in [5.41, 5.74) is 0. The summed E-state index contributed by atoms with van der Waals surface area (Å²) in [5, 5.41) is 8.36. The zero-order chi connectivity index (χ0) is 10.4. The van der Waals surface area contributed by atoms with Gasteiger partial charge in [0.2, 0.25) is 0 Å². The van der Waals surface area contributed by atoms with E-state index in [0.717, 1.165) is 12.2 Å². The highest BCUT2D eigenvalue weighted by molar-refractivity contribution is 6.06. The average molecular weight is 183 g/mol. The van der Waals surface area contributed by atoms with E-state index < -0.39 is 24.3 Å². The molecule has 13 heavy (non-hydrogen) atoms. The Morgan fingerprint density at radius 2 is 1.54 bits per heavy atom. The molecule has 0 heterocycles. The summed E-state index contributed by atoms with van der Waals surface area (Å²) >= 11 is 0. The average Bonchev–Trinajstić information content (AvgIpc) is 2.11. The van der Waals surface area contributed by atoms with Gasteiger partial charge in [-0.15, -0.1) is 0 Å². The Morgan fingerprint density at radius 3 is 1.77 bits per heavy atom. The van der Waals surface area contributed by atoms with Crippen molar-refractivity contribution in [3.63, 3.8) is 0 Å². The molecule has 5 heteroatoms. The van der Waals surface area contributed by atoms with E-state index in [1.165, 1.54) is 0 Å². The van der Waals surface area contributed by atoms with Crippen LogP contribution in [-0.2, 0) is 14.4 Å². The van der Waals surface area contributed by atoms with E-state index in [0.29, 0.717) is 4.90 Å². The van der Waals surface area contributed by atoms with Gasteiger partial charge in [0.1, 0.15) is 6.54 Å². The van der Waals surface area contributed by atoms with Gasteiger partial charge in [0.05, 0.1) is 0 Å². The summed E-state index contributed by atoms with van der Waals surface area (Å²) < 4.78 is 0. The molecule has 0 bridgehead atoms. The Balaban J connectivity index is 4.63. The van der Waals surface area contributed by atoms with Crippen molar-refractivity contribution in [1.82, 2.24) is 4.90 Å². The number of rotatable bonds is 4. The third kappa shape index (κ3) is 3.33. The number of amides is 2. The summed E-state index contributed by atoms with van der Waals surface area (Å²) in [6.45, 7) is 5.58. The lowest BCUT2D eigenvalue weighted by Crippen LogP contribution is -2.38. The molecule has 0 rings (SSSR count). The Hall–Kier alpha value is -1.91. The molecule has 0 aromatic rings. The predicted octanol–water partition coefficient (Wildman–Crippen LogP) is -0.202. The zero-order valence-corrected chi connectivity index (χ0v) is 6.90. The van der Waals surface area contributed by atoms with Crippen molar-refractivity contribution < 1.29 is 19.5 Å². The molecule has 0 atom stereocenters. The van der Waals surface area contributed by atoms with E-state index in [4.69, 9.17) is 5.11 Å². The minimum Gasteiger partial charge on any atom is -0.480 e. The second kappa shape index (κ2) is 4.87. The fraction of sp³-hybridized carbons (Fsp3) is 0.125. The molecule has 70 valence electrons. The van der Waals surface area contributed by atoms with Gasteiger partial charge in [-0.3, -0.25) is 19.3 Å². The third-order valence-electron chi connectivity index (χ3n) is 1.17. The van der Waals surface area contributed by atoms with Crippen LogP contribution in [0, 0.1) is 0 Å². The number of imide groups is 1. The summed E-state index contributed by atoms with van der Waals surface area (Å²) in [6.07, 6.45) is 1.73. The third-order valence-corrected chi connectivity index (χ3v) is 1.17. The van der Waals surface area contributed by atoms with Gasteiger partial charge in [-0.05, 0) is 12.2 Å². The SMILES string of the molecule is C=CC(=O)N(CC(=O)O)C(=O)C=C. The summed E-state index contributed by atoms with van der Waals surface area (Å²) in [7, 11) is 0. The van der Waals surface area contributed by atoms with Crippen LogP contribution in [0.25, 0.3) is 0 Å². The molecular weight excluding hydrogens is 174 g/mol. The van der Waals surface area contributed by atoms with E-state index in [9.17, 15) is 14.4 Å². The van der Waals surface area contributed by atoms with Crippen molar-refractivity contribution in [1.29, 1.82) is 0 Å². The first-order valence-corrected chi connectivity index (χ1v) is 3.35. The molecule has 0 aromatic carbocycles. The lowest BCUT2D eigenvalue weighted by molar-refractivity contribution is -0.148. The number of nitrogens with zero attached hydrogens (tertiary/aromatic N) is 1. The van der Waals surface area contributed by atoms with Crippen LogP contribution in [0.3, 0.4) is 0 Å². The Kier molecular flexibility index (Phi) is 4.15. The standard InChI is InChI=1S/C8H9NO4/c1-3-6(10)9(5-8(12)13)7(11)4-2/h3-4H,1-2,5H2,(H,12,13). The van der Waals surface area contributed by atoms with Crippen molar-refractivity contribution in [2.45, 2.75) is 0 Å². The number of hydrogen-bond acceptors (Lipinski definition) is 3. The number of hydrogen-bond donors (Lipinski definition) is 1. The van der Waals surface area contributed by atoms with Crippen LogP contribution >= 0.6 is 0 Å². The minimum atomic E-state index is -1.27. The minimum absolute atomic E-state index is 0.530. The zero-order valence-electron chi connectivity index (χ0n) is 6.90. The van der Waals surface area contributed by atoms with Gasteiger partial charge in [0, 0.05) is 0 Å². The first-order valence-electron chi connectivity index (χ1n) is 3.35. The molecule has 1 N–H and O–H groups in total. The molecule has 2 amide bonds. The van der Waals surface area contributed by atoms with Gasteiger partial charge < -0.3 is 5.11 Å². The molecule has 0 saturated carbocycles. The van der Waals surface area contributed by atoms with Crippen molar-refractivity contribution in [2.24, 2.45) is 0 Å². The van der Waals surface area contributed by atoms with Gasteiger partial charge >= 0.3 is 5.97 Å². The smallest absolute Gasteiger partial charge is 0.323 e. The molecule has 0 spiro atoms. The quantitative estimate of drug-likeness (QED) is 0.612. The molecule has 0 saturated heterocycles. The molecule has 0 aliphatic rings.